The van der Waals surface area contributed by atoms with Gasteiger partial charge in [0.1, 0.15) is 11.4 Å². The summed E-state index contributed by atoms with van der Waals surface area (Å²) in [4.78, 5) is 18.7. The molecule has 1 aliphatic heterocycles. The van der Waals surface area contributed by atoms with Crippen LogP contribution in [0.15, 0.2) is 42.6 Å². The normalized spacial score (nSPS) is 14.4. The number of aromatic nitrogens is 1. The van der Waals surface area contributed by atoms with Gasteiger partial charge in [0, 0.05) is 30.7 Å². The van der Waals surface area contributed by atoms with Crippen LogP contribution in [-0.4, -0.2) is 44.3 Å². The predicted molar refractivity (Wildman–Crippen MR) is 88.2 cm³/mol. The van der Waals surface area contributed by atoms with Crippen LogP contribution in [0.3, 0.4) is 0 Å². The molecule has 0 unspecified atom stereocenters. The minimum Gasteiger partial charge on any atom is -0.497 e. The van der Waals surface area contributed by atoms with Crippen LogP contribution in [0, 0.1) is 0 Å². The highest BCUT2D eigenvalue weighted by atomic mass is 16.5. The topological polar surface area (TPSA) is 63.7 Å². The van der Waals surface area contributed by atoms with E-state index < -0.39 is 0 Å². The Morgan fingerprint density at radius 1 is 1.22 bits per heavy atom. The number of carbonyl (C=O) groups is 1. The highest BCUT2D eigenvalue weighted by Gasteiger charge is 2.14. The Morgan fingerprint density at radius 2 is 1.96 bits per heavy atom. The van der Waals surface area contributed by atoms with Gasteiger partial charge in [-0.15, -0.1) is 0 Å². The van der Waals surface area contributed by atoms with E-state index in [1.807, 2.05) is 12.1 Å². The number of morpholine rings is 1. The molecule has 1 saturated heterocycles. The van der Waals surface area contributed by atoms with Gasteiger partial charge in [-0.3, -0.25) is 9.78 Å². The van der Waals surface area contributed by atoms with E-state index in [1.165, 1.54) is 0 Å². The molecule has 120 valence electrons. The Morgan fingerprint density at radius 3 is 2.65 bits per heavy atom. The van der Waals surface area contributed by atoms with Crippen LogP contribution >= 0.6 is 0 Å². The Kier molecular flexibility index (Phi) is 4.73. The van der Waals surface area contributed by atoms with Crippen LogP contribution in [0.4, 0.5) is 11.4 Å². The summed E-state index contributed by atoms with van der Waals surface area (Å²) < 4.78 is 10.5. The van der Waals surface area contributed by atoms with Crippen LogP contribution in [0.2, 0.25) is 0 Å². The summed E-state index contributed by atoms with van der Waals surface area (Å²) in [7, 11) is 1.61. The molecule has 1 aliphatic rings. The number of carbonyl (C=O) groups excluding carboxylic acids is 1. The van der Waals surface area contributed by atoms with Crippen molar-refractivity contribution in [2.24, 2.45) is 0 Å². The number of ether oxygens (including phenoxy) is 2. The molecule has 3 rings (SSSR count). The van der Waals surface area contributed by atoms with E-state index in [0.717, 1.165) is 24.5 Å². The van der Waals surface area contributed by atoms with Gasteiger partial charge in [-0.1, -0.05) is 0 Å². The average Bonchev–Trinajstić information content (AvgIpc) is 2.63. The van der Waals surface area contributed by atoms with Crippen LogP contribution < -0.4 is 15.0 Å². The third kappa shape index (κ3) is 3.78. The molecule has 0 radical (unpaired) electrons. The van der Waals surface area contributed by atoms with Crippen molar-refractivity contribution < 1.29 is 14.3 Å². The number of rotatable bonds is 4. The highest BCUT2D eigenvalue weighted by Crippen LogP contribution is 2.18. The molecule has 0 saturated carbocycles. The minimum atomic E-state index is -0.231. The third-order valence-corrected chi connectivity index (χ3v) is 3.70. The number of nitrogens with zero attached hydrogens (tertiary/aromatic N) is 2. The lowest BCUT2D eigenvalue weighted by molar-refractivity contribution is 0.102. The number of hydrogen-bond donors (Lipinski definition) is 1. The van der Waals surface area contributed by atoms with Crippen LogP contribution in [0.1, 0.15) is 10.5 Å². The van der Waals surface area contributed by atoms with Gasteiger partial charge in [0.15, 0.2) is 0 Å². The standard InChI is InChI=1S/C17H19N3O3/c1-22-15-4-2-13(3-5-15)19-17(21)16-12-14(6-7-18-16)20-8-10-23-11-9-20/h2-7,12H,8-11H2,1H3,(H,19,21). The largest absolute Gasteiger partial charge is 0.497 e. The first kappa shape index (κ1) is 15.3. The molecule has 0 spiro atoms. The molecule has 0 aliphatic carbocycles. The molecule has 1 aromatic carbocycles. The number of benzene rings is 1. The minimum absolute atomic E-state index is 0.231. The number of anilines is 2. The van der Waals surface area contributed by atoms with Gasteiger partial charge in [0.2, 0.25) is 0 Å². The fourth-order valence-corrected chi connectivity index (χ4v) is 2.43. The lowest BCUT2D eigenvalue weighted by Gasteiger charge is -2.28. The predicted octanol–water partition coefficient (Wildman–Crippen LogP) is 2.18. The van der Waals surface area contributed by atoms with Crippen LogP contribution in [0.25, 0.3) is 0 Å². The zero-order valence-corrected chi connectivity index (χ0v) is 13.0. The zero-order valence-electron chi connectivity index (χ0n) is 13.0. The summed E-state index contributed by atoms with van der Waals surface area (Å²) in [6.45, 7) is 3.05. The molecule has 0 bridgehead atoms. The van der Waals surface area contributed by atoms with Crippen molar-refractivity contribution in [3.05, 3.63) is 48.3 Å². The second-order valence-corrected chi connectivity index (χ2v) is 5.18. The number of amides is 1. The van der Waals surface area contributed by atoms with Gasteiger partial charge in [-0.25, -0.2) is 0 Å². The van der Waals surface area contributed by atoms with Crippen molar-refractivity contribution in [2.45, 2.75) is 0 Å². The molecule has 6 heteroatoms. The van der Waals surface area contributed by atoms with Gasteiger partial charge in [-0.05, 0) is 36.4 Å². The maximum atomic E-state index is 12.4. The summed E-state index contributed by atoms with van der Waals surface area (Å²) in [6.07, 6.45) is 1.66. The first-order chi connectivity index (χ1) is 11.3. The van der Waals surface area contributed by atoms with Crippen molar-refractivity contribution in [3.63, 3.8) is 0 Å². The van der Waals surface area contributed by atoms with Crippen molar-refractivity contribution in [1.82, 2.24) is 4.98 Å². The molecule has 1 fully saturated rings. The van der Waals surface area contributed by atoms with E-state index >= 15 is 0 Å². The van der Waals surface area contributed by atoms with E-state index in [1.54, 1.807) is 37.6 Å². The first-order valence-electron chi connectivity index (χ1n) is 7.50. The van der Waals surface area contributed by atoms with E-state index in [-0.39, 0.29) is 5.91 Å². The van der Waals surface area contributed by atoms with E-state index in [2.05, 4.69) is 15.2 Å². The number of hydrogen-bond acceptors (Lipinski definition) is 5. The molecule has 6 nitrogen and oxygen atoms in total. The number of pyridine rings is 1. The van der Waals surface area contributed by atoms with Gasteiger partial charge >= 0.3 is 0 Å². The maximum Gasteiger partial charge on any atom is 0.274 e. The lowest BCUT2D eigenvalue weighted by Crippen LogP contribution is -2.36. The van der Waals surface area contributed by atoms with Gasteiger partial charge in [0.05, 0.1) is 20.3 Å². The second-order valence-electron chi connectivity index (χ2n) is 5.18. The average molecular weight is 313 g/mol. The summed E-state index contributed by atoms with van der Waals surface area (Å²) >= 11 is 0. The van der Waals surface area contributed by atoms with Gasteiger partial charge in [-0.2, -0.15) is 0 Å². The summed E-state index contributed by atoms with van der Waals surface area (Å²) in [5.41, 5.74) is 2.09. The number of methoxy groups -OCH3 is 1. The second kappa shape index (κ2) is 7.11. The van der Waals surface area contributed by atoms with Crippen molar-refractivity contribution >= 4 is 17.3 Å². The highest BCUT2D eigenvalue weighted by molar-refractivity contribution is 6.03. The molecular formula is C17H19N3O3. The van der Waals surface area contributed by atoms with Crippen LogP contribution in [0.5, 0.6) is 5.75 Å². The quantitative estimate of drug-likeness (QED) is 0.937. The molecule has 1 amide bonds. The van der Waals surface area contributed by atoms with Gasteiger partial charge in [0.25, 0.3) is 5.91 Å². The zero-order chi connectivity index (χ0) is 16.1. The summed E-state index contributed by atoms with van der Waals surface area (Å²) in [6, 6.07) is 10.9. The fraction of sp³-hybridized carbons (Fsp3) is 0.294. The van der Waals surface area contributed by atoms with E-state index in [9.17, 15) is 4.79 Å². The van der Waals surface area contributed by atoms with Crippen molar-refractivity contribution in [1.29, 1.82) is 0 Å². The fourth-order valence-electron chi connectivity index (χ4n) is 2.43. The van der Waals surface area contributed by atoms with Crippen molar-refractivity contribution in [3.8, 4) is 5.75 Å². The van der Waals surface area contributed by atoms with Crippen molar-refractivity contribution in [2.75, 3.05) is 43.6 Å². The molecule has 2 heterocycles. The summed E-state index contributed by atoms with van der Waals surface area (Å²) in [5.74, 6) is 0.515. The molecule has 2 aromatic rings. The monoisotopic (exact) mass is 313 g/mol. The van der Waals surface area contributed by atoms with E-state index in [4.69, 9.17) is 9.47 Å². The molecule has 0 atom stereocenters. The molecule has 1 N–H and O–H groups in total. The van der Waals surface area contributed by atoms with Gasteiger partial charge < -0.3 is 19.7 Å². The third-order valence-electron chi connectivity index (χ3n) is 3.70. The first-order valence-corrected chi connectivity index (χ1v) is 7.50. The Hall–Kier alpha value is -2.60. The molecule has 1 aromatic heterocycles. The Balaban J connectivity index is 1.71. The van der Waals surface area contributed by atoms with Crippen LogP contribution in [-0.2, 0) is 4.74 Å². The maximum absolute atomic E-state index is 12.4. The SMILES string of the molecule is COc1ccc(NC(=O)c2cc(N3CCOCC3)ccn2)cc1. The Labute approximate surface area is 135 Å². The molecule has 23 heavy (non-hydrogen) atoms. The number of nitrogens with one attached hydrogen (secondary N) is 1. The van der Waals surface area contributed by atoms with E-state index in [0.29, 0.717) is 24.6 Å². The smallest absolute Gasteiger partial charge is 0.274 e. The Bertz CT molecular complexity index is 667. The summed E-state index contributed by atoms with van der Waals surface area (Å²) in [5, 5.41) is 2.84. The molecular weight excluding hydrogens is 294 g/mol. The lowest BCUT2D eigenvalue weighted by atomic mass is 10.2.